The van der Waals surface area contributed by atoms with Gasteiger partial charge in [-0.3, -0.25) is 0 Å². The van der Waals surface area contributed by atoms with Gasteiger partial charge in [0.25, 0.3) is 5.82 Å². The number of fused-ring (bicyclic) bond motifs is 1. The SMILES string of the molecule is COC(=O)c1nc2n(n1)[C@H](c1ccccc1Cl)C(C(=O)OC1CCCCC1)=C(C)N2. The molecule has 30 heavy (non-hydrogen) atoms. The number of carbonyl (C=O) groups excluding carboxylic acids is 2. The summed E-state index contributed by atoms with van der Waals surface area (Å²) >= 11 is 6.48. The van der Waals surface area contributed by atoms with E-state index >= 15 is 0 Å². The zero-order valence-electron chi connectivity index (χ0n) is 16.9. The molecule has 1 aliphatic heterocycles. The van der Waals surface area contributed by atoms with Gasteiger partial charge in [-0.25, -0.2) is 14.3 Å². The number of anilines is 1. The fourth-order valence-electron chi connectivity index (χ4n) is 3.98. The second-order valence-corrected chi connectivity index (χ2v) is 7.86. The third-order valence-corrected chi connectivity index (χ3v) is 5.81. The molecule has 9 heteroatoms. The predicted octanol–water partition coefficient (Wildman–Crippen LogP) is 3.88. The Balaban J connectivity index is 1.77. The van der Waals surface area contributed by atoms with Crippen molar-refractivity contribution in [3.8, 4) is 0 Å². The number of nitrogens with one attached hydrogen (secondary N) is 1. The lowest BCUT2D eigenvalue weighted by atomic mass is 9.95. The second kappa shape index (κ2) is 8.47. The summed E-state index contributed by atoms with van der Waals surface area (Å²) in [5, 5.41) is 7.84. The lowest BCUT2D eigenvalue weighted by Crippen LogP contribution is -2.32. The van der Waals surface area contributed by atoms with E-state index in [1.807, 2.05) is 18.2 Å². The molecule has 0 bridgehead atoms. The number of halogens is 1. The Labute approximate surface area is 179 Å². The molecule has 2 aromatic rings. The fourth-order valence-corrected chi connectivity index (χ4v) is 4.21. The Morgan fingerprint density at radius 2 is 1.90 bits per heavy atom. The molecule has 1 fully saturated rings. The first-order valence-corrected chi connectivity index (χ1v) is 10.4. The normalized spacial score (nSPS) is 19.1. The number of nitrogens with zero attached hydrogens (tertiary/aromatic N) is 3. The molecular weight excluding hydrogens is 408 g/mol. The van der Waals surface area contributed by atoms with Crippen LogP contribution in [0.2, 0.25) is 5.02 Å². The summed E-state index contributed by atoms with van der Waals surface area (Å²) in [6.45, 7) is 1.78. The van der Waals surface area contributed by atoms with E-state index in [0.717, 1.165) is 32.1 Å². The molecule has 0 amide bonds. The van der Waals surface area contributed by atoms with Crippen molar-refractivity contribution in [3.05, 3.63) is 51.9 Å². The van der Waals surface area contributed by atoms with Crippen LogP contribution in [0.5, 0.6) is 0 Å². The molecule has 0 spiro atoms. The van der Waals surface area contributed by atoms with Gasteiger partial charge < -0.3 is 14.8 Å². The Bertz CT molecular complexity index is 1010. The van der Waals surface area contributed by atoms with Gasteiger partial charge in [0.15, 0.2) is 0 Å². The van der Waals surface area contributed by atoms with Gasteiger partial charge in [-0.1, -0.05) is 36.2 Å². The second-order valence-electron chi connectivity index (χ2n) is 7.45. The Morgan fingerprint density at radius 3 is 2.60 bits per heavy atom. The summed E-state index contributed by atoms with van der Waals surface area (Å²) in [4.78, 5) is 29.5. The largest absolute Gasteiger partial charge is 0.463 e. The molecule has 1 aromatic carbocycles. The van der Waals surface area contributed by atoms with Crippen molar-refractivity contribution < 1.29 is 19.1 Å². The van der Waals surface area contributed by atoms with Gasteiger partial charge in [0, 0.05) is 16.3 Å². The molecule has 4 rings (SSSR count). The lowest BCUT2D eigenvalue weighted by Gasteiger charge is -2.30. The number of esters is 2. The van der Waals surface area contributed by atoms with Crippen LogP contribution in [0.1, 0.15) is 61.3 Å². The quantitative estimate of drug-likeness (QED) is 0.735. The van der Waals surface area contributed by atoms with Crippen molar-refractivity contribution in [2.24, 2.45) is 0 Å². The van der Waals surface area contributed by atoms with E-state index in [1.165, 1.54) is 11.8 Å². The maximum absolute atomic E-state index is 13.3. The fraction of sp³-hybridized carbons (Fsp3) is 0.429. The number of allylic oxidation sites excluding steroid dienone is 1. The third kappa shape index (κ3) is 3.79. The van der Waals surface area contributed by atoms with Gasteiger partial charge in [0.2, 0.25) is 5.95 Å². The molecule has 8 nitrogen and oxygen atoms in total. The van der Waals surface area contributed by atoms with Crippen LogP contribution >= 0.6 is 11.6 Å². The van der Waals surface area contributed by atoms with E-state index in [4.69, 9.17) is 21.1 Å². The van der Waals surface area contributed by atoms with Crippen molar-refractivity contribution in [3.63, 3.8) is 0 Å². The number of benzene rings is 1. The maximum Gasteiger partial charge on any atom is 0.378 e. The number of methoxy groups -OCH3 is 1. The third-order valence-electron chi connectivity index (χ3n) is 5.47. The highest BCUT2D eigenvalue weighted by atomic mass is 35.5. The first kappa shape index (κ1) is 20.4. The van der Waals surface area contributed by atoms with Crippen molar-refractivity contribution in [1.29, 1.82) is 0 Å². The Hall–Kier alpha value is -2.87. The minimum atomic E-state index is -0.683. The summed E-state index contributed by atoms with van der Waals surface area (Å²) in [5.74, 6) is -0.864. The predicted molar refractivity (Wildman–Crippen MR) is 110 cm³/mol. The summed E-state index contributed by atoms with van der Waals surface area (Å²) in [6, 6.07) is 6.53. The zero-order chi connectivity index (χ0) is 21.3. The van der Waals surface area contributed by atoms with E-state index in [-0.39, 0.29) is 11.9 Å². The van der Waals surface area contributed by atoms with Gasteiger partial charge in [-0.2, -0.15) is 4.98 Å². The van der Waals surface area contributed by atoms with E-state index in [0.29, 0.717) is 27.8 Å². The van der Waals surface area contributed by atoms with Crippen LogP contribution in [0.15, 0.2) is 35.5 Å². The molecule has 2 aliphatic rings. The summed E-state index contributed by atoms with van der Waals surface area (Å²) in [6.07, 6.45) is 4.90. The first-order chi connectivity index (χ1) is 14.5. The van der Waals surface area contributed by atoms with Gasteiger partial charge in [0.05, 0.1) is 12.7 Å². The average Bonchev–Trinajstić information content (AvgIpc) is 3.17. The number of hydrogen-bond acceptors (Lipinski definition) is 7. The van der Waals surface area contributed by atoms with E-state index < -0.39 is 18.0 Å². The summed E-state index contributed by atoms with van der Waals surface area (Å²) in [7, 11) is 1.26. The van der Waals surface area contributed by atoms with Crippen LogP contribution in [0, 0.1) is 0 Å². The lowest BCUT2D eigenvalue weighted by molar-refractivity contribution is -0.146. The van der Waals surface area contributed by atoms with Crippen molar-refractivity contribution in [1.82, 2.24) is 14.8 Å². The van der Waals surface area contributed by atoms with E-state index in [2.05, 4.69) is 15.4 Å². The number of rotatable bonds is 4. The number of hydrogen-bond donors (Lipinski definition) is 1. The number of ether oxygens (including phenoxy) is 2. The Morgan fingerprint density at radius 1 is 1.17 bits per heavy atom. The van der Waals surface area contributed by atoms with Crippen LogP contribution < -0.4 is 5.32 Å². The minimum absolute atomic E-state index is 0.0961. The summed E-state index contributed by atoms with van der Waals surface area (Å²) < 4.78 is 12.1. The average molecular weight is 431 g/mol. The Kier molecular flexibility index (Phi) is 5.76. The highest BCUT2D eigenvalue weighted by Gasteiger charge is 2.37. The van der Waals surface area contributed by atoms with Crippen LogP contribution in [0.25, 0.3) is 0 Å². The highest BCUT2D eigenvalue weighted by molar-refractivity contribution is 6.31. The van der Waals surface area contributed by atoms with Crippen LogP contribution in [0.4, 0.5) is 5.95 Å². The molecule has 1 aromatic heterocycles. The van der Waals surface area contributed by atoms with Crippen LogP contribution in [-0.2, 0) is 14.3 Å². The van der Waals surface area contributed by atoms with Gasteiger partial charge >= 0.3 is 11.9 Å². The zero-order valence-corrected chi connectivity index (χ0v) is 17.6. The van der Waals surface area contributed by atoms with Crippen LogP contribution in [0.3, 0.4) is 0 Å². The highest BCUT2D eigenvalue weighted by Crippen LogP contribution is 2.39. The molecule has 0 saturated heterocycles. The van der Waals surface area contributed by atoms with E-state index in [1.54, 1.807) is 13.0 Å². The van der Waals surface area contributed by atoms with Gasteiger partial charge in [-0.15, -0.1) is 5.10 Å². The molecular formula is C21H23ClN4O4. The van der Waals surface area contributed by atoms with E-state index in [9.17, 15) is 9.59 Å². The number of aromatic nitrogens is 3. The molecule has 1 atom stereocenters. The van der Waals surface area contributed by atoms with Gasteiger partial charge in [0.1, 0.15) is 12.1 Å². The molecule has 0 radical (unpaired) electrons. The van der Waals surface area contributed by atoms with Crippen molar-refractivity contribution in [2.75, 3.05) is 12.4 Å². The topological polar surface area (TPSA) is 95.3 Å². The molecule has 158 valence electrons. The van der Waals surface area contributed by atoms with Crippen molar-refractivity contribution >= 4 is 29.5 Å². The van der Waals surface area contributed by atoms with Gasteiger partial charge in [-0.05, 0) is 38.7 Å². The monoisotopic (exact) mass is 430 g/mol. The summed E-state index contributed by atoms with van der Waals surface area (Å²) in [5.41, 5.74) is 1.64. The molecule has 1 aliphatic carbocycles. The maximum atomic E-state index is 13.3. The van der Waals surface area contributed by atoms with Crippen molar-refractivity contribution in [2.45, 2.75) is 51.2 Å². The number of carbonyl (C=O) groups is 2. The molecule has 1 saturated carbocycles. The standard InChI is InChI=1S/C21H23ClN4O4/c1-12-16(19(27)30-13-8-4-3-5-9-13)17(14-10-6-7-11-15(14)22)26-21(23-12)24-18(25-26)20(28)29-2/h6-7,10-11,13,17H,3-5,8-9H2,1-2H3,(H,23,24,25)/t17-/m1/s1. The minimum Gasteiger partial charge on any atom is -0.463 e. The smallest absolute Gasteiger partial charge is 0.378 e. The molecule has 0 unspecified atom stereocenters. The van der Waals surface area contributed by atoms with Crippen LogP contribution in [-0.4, -0.2) is 39.9 Å². The first-order valence-electron chi connectivity index (χ1n) is 9.97. The molecule has 1 N–H and O–H groups in total. The molecule has 2 heterocycles.